The van der Waals surface area contributed by atoms with Crippen molar-refractivity contribution >= 4 is 0 Å². The number of aryl methyl sites for hydroxylation is 1. The Morgan fingerprint density at radius 1 is 1.12 bits per heavy atom. The van der Waals surface area contributed by atoms with Crippen LogP contribution in [-0.4, -0.2) is 13.2 Å². The molecule has 1 saturated carbocycles. The maximum atomic E-state index is 6.36. The number of hydrogen-bond acceptors (Lipinski definition) is 3. The van der Waals surface area contributed by atoms with Crippen molar-refractivity contribution in [3.8, 4) is 11.5 Å². The van der Waals surface area contributed by atoms with E-state index in [9.17, 15) is 0 Å². The Morgan fingerprint density at radius 3 is 2.31 bits per heavy atom. The van der Waals surface area contributed by atoms with E-state index in [1.54, 1.807) is 0 Å². The highest BCUT2D eigenvalue weighted by Gasteiger charge is 2.36. The molecule has 0 unspecified atom stereocenters. The third kappa shape index (κ3) is 1.39. The summed E-state index contributed by atoms with van der Waals surface area (Å²) in [6, 6.07) is 4.12. The lowest BCUT2D eigenvalue weighted by molar-refractivity contribution is 0.169. The monoisotopic (exact) mass is 219 g/mol. The Hall–Kier alpha value is -1.22. The first-order valence-electron chi connectivity index (χ1n) is 5.89. The molecule has 16 heavy (non-hydrogen) atoms. The van der Waals surface area contributed by atoms with E-state index in [1.165, 1.54) is 17.5 Å². The van der Waals surface area contributed by atoms with Crippen LogP contribution in [0.15, 0.2) is 12.1 Å². The molecular weight excluding hydrogens is 202 g/mol. The number of ether oxygens (including phenoxy) is 2. The van der Waals surface area contributed by atoms with E-state index in [4.69, 9.17) is 15.2 Å². The Bertz CT molecular complexity index is 424. The molecule has 1 fully saturated rings. The Balaban J connectivity index is 2.05. The molecule has 1 aliphatic heterocycles. The fourth-order valence-corrected chi connectivity index (χ4v) is 2.55. The maximum Gasteiger partial charge on any atom is 0.161 e. The highest BCUT2D eigenvalue weighted by atomic mass is 16.6. The zero-order valence-corrected chi connectivity index (χ0v) is 9.58. The van der Waals surface area contributed by atoms with Crippen LogP contribution < -0.4 is 15.2 Å². The SMILES string of the molecule is Cc1cc2c(cc1C1(N)CCC1)OCCO2. The number of rotatable bonds is 1. The van der Waals surface area contributed by atoms with Gasteiger partial charge in [-0.2, -0.15) is 0 Å². The predicted molar refractivity (Wildman–Crippen MR) is 61.9 cm³/mol. The first kappa shape index (κ1) is 9.97. The second-order valence-corrected chi connectivity index (χ2v) is 4.82. The predicted octanol–water partition coefficient (Wildman–Crippen LogP) is 2.10. The van der Waals surface area contributed by atoms with Crippen LogP contribution in [0, 0.1) is 6.92 Å². The summed E-state index contributed by atoms with van der Waals surface area (Å²) in [5.41, 5.74) is 8.68. The van der Waals surface area contributed by atoms with Crippen LogP contribution in [0.4, 0.5) is 0 Å². The smallest absolute Gasteiger partial charge is 0.161 e. The van der Waals surface area contributed by atoms with Gasteiger partial charge in [-0.15, -0.1) is 0 Å². The van der Waals surface area contributed by atoms with E-state index >= 15 is 0 Å². The molecule has 0 radical (unpaired) electrons. The molecule has 0 saturated heterocycles. The van der Waals surface area contributed by atoms with Gasteiger partial charge in [0.15, 0.2) is 11.5 Å². The molecule has 86 valence electrons. The van der Waals surface area contributed by atoms with Crippen molar-refractivity contribution in [2.45, 2.75) is 31.7 Å². The van der Waals surface area contributed by atoms with Gasteiger partial charge in [0.05, 0.1) is 0 Å². The Morgan fingerprint density at radius 2 is 1.75 bits per heavy atom. The van der Waals surface area contributed by atoms with Crippen LogP contribution in [0.2, 0.25) is 0 Å². The molecule has 3 rings (SSSR count). The van der Waals surface area contributed by atoms with Gasteiger partial charge in [0.2, 0.25) is 0 Å². The molecule has 3 nitrogen and oxygen atoms in total. The van der Waals surface area contributed by atoms with Gasteiger partial charge in [-0.3, -0.25) is 0 Å². The molecule has 0 bridgehead atoms. The fraction of sp³-hybridized carbons (Fsp3) is 0.538. The van der Waals surface area contributed by atoms with Gasteiger partial charge in [-0.05, 0) is 49.4 Å². The molecule has 1 aliphatic carbocycles. The minimum atomic E-state index is -0.125. The van der Waals surface area contributed by atoms with Gasteiger partial charge in [0, 0.05) is 5.54 Å². The van der Waals surface area contributed by atoms with Gasteiger partial charge in [-0.25, -0.2) is 0 Å². The molecule has 0 atom stereocenters. The van der Waals surface area contributed by atoms with E-state index < -0.39 is 0 Å². The second-order valence-electron chi connectivity index (χ2n) is 4.82. The summed E-state index contributed by atoms with van der Waals surface area (Å²) in [4.78, 5) is 0. The van der Waals surface area contributed by atoms with Crippen LogP contribution in [0.1, 0.15) is 30.4 Å². The van der Waals surface area contributed by atoms with Gasteiger partial charge in [0.1, 0.15) is 13.2 Å². The van der Waals surface area contributed by atoms with Crippen LogP contribution in [0.5, 0.6) is 11.5 Å². The molecule has 1 aromatic carbocycles. The van der Waals surface area contributed by atoms with Crippen molar-refractivity contribution in [1.29, 1.82) is 0 Å². The van der Waals surface area contributed by atoms with Crippen LogP contribution in [0.25, 0.3) is 0 Å². The third-order valence-corrected chi connectivity index (χ3v) is 3.67. The van der Waals surface area contributed by atoms with Crippen molar-refractivity contribution in [3.63, 3.8) is 0 Å². The lowest BCUT2D eigenvalue weighted by atomic mass is 9.71. The van der Waals surface area contributed by atoms with Gasteiger partial charge < -0.3 is 15.2 Å². The van der Waals surface area contributed by atoms with Crippen LogP contribution >= 0.6 is 0 Å². The average molecular weight is 219 g/mol. The van der Waals surface area contributed by atoms with Crippen molar-refractivity contribution in [2.75, 3.05) is 13.2 Å². The summed E-state index contributed by atoms with van der Waals surface area (Å²) in [7, 11) is 0. The summed E-state index contributed by atoms with van der Waals surface area (Å²) in [6.07, 6.45) is 3.38. The summed E-state index contributed by atoms with van der Waals surface area (Å²) in [5.74, 6) is 1.71. The lowest BCUT2D eigenvalue weighted by Gasteiger charge is -2.40. The summed E-state index contributed by atoms with van der Waals surface area (Å²) in [6.45, 7) is 3.37. The average Bonchev–Trinajstić information content (AvgIpc) is 2.25. The molecule has 1 heterocycles. The Labute approximate surface area is 95.5 Å². The molecule has 0 aromatic heterocycles. The number of benzene rings is 1. The molecular formula is C13H17NO2. The van der Waals surface area contributed by atoms with Gasteiger partial charge >= 0.3 is 0 Å². The van der Waals surface area contributed by atoms with Crippen molar-refractivity contribution in [2.24, 2.45) is 5.73 Å². The number of nitrogens with two attached hydrogens (primary N) is 1. The molecule has 0 spiro atoms. The number of fused-ring (bicyclic) bond motifs is 1. The lowest BCUT2D eigenvalue weighted by Crippen LogP contribution is -2.43. The van der Waals surface area contributed by atoms with E-state index in [0.717, 1.165) is 24.3 Å². The van der Waals surface area contributed by atoms with Crippen LogP contribution in [0.3, 0.4) is 0 Å². The zero-order valence-electron chi connectivity index (χ0n) is 9.58. The van der Waals surface area contributed by atoms with Crippen molar-refractivity contribution in [1.82, 2.24) is 0 Å². The number of hydrogen-bond donors (Lipinski definition) is 1. The largest absolute Gasteiger partial charge is 0.486 e. The first-order valence-corrected chi connectivity index (χ1v) is 5.89. The van der Waals surface area contributed by atoms with Gasteiger partial charge in [0.25, 0.3) is 0 Å². The fourth-order valence-electron chi connectivity index (χ4n) is 2.55. The molecule has 2 N–H and O–H groups in total. The van der Waals surface area contributed by atoms with Gasteiger partial charge in [-0.1, -0.05) is 0 Å². The minimum Gasteiger partial charge on any atom is -0.486 e. The minimum absolute atomic E-state index is 0.125. The normalized spacial score (nSPS) is 21.4. The first-order chi connectivity index (χ1) is 7.69. The summed E-state index contributed by atoms with van der Waals surface area (Å²) < 4.78 is 11.2. The maximum absolute atomic E-state index is 6.36. The topological polar surface area (TPSA) is 44.5 Å². The third-order valence-electron chi connectivity index (χ3n) is 3.67. The van der Waals surface area contributed by atoms with E-state index in [0.29, 0.717) is 13.2 Å². The molecule has 3 heteroatoms. The quantitative estimate of drug-likeness (QED) is 0.786. The van der Waals surface area contributed by atoms with E-state index in [1.807, 2.05) is 0 Å². The second kappa shape index (κ2) is 3.39. The van der Waals surface area contributed by atoms with Crippen molar-refractivity contribution < 1.29 is 9.47 Å². The standard InChI is InChI=1S/C13H17NO2/c1-9-7-11-12(16-6-5-15-11)8-10(9)13(14)3-2-4-13/h7-8H,2-6,14H2,1H3. The molecule has 1 aromatic rings. The Kier molecular flexibility index (Phi) is 2.11. The van der Waals surface area contributed by atoms with Crippen molar-refractivity contribution in [3.05, 3.63) is 23.3 Å². The highest BCUT2D eigenvalue weighted by molar-refractivity contribution is 5.50. The van der Waals surface area contributed by atoms with Crippen LogP contribution in [-0.2, 0) is 5.54 Å². The summed E-state index contributed by atoms with van der Waals surface area (Å²) >= 11 is 0. The highest BCUT2D eigenvalue weighted by Crippen LogP contribution is 2.44. The van der Waals surface area contributed by atoms with E-state index in [2.05, 4.69) is 19.1 Å². The zero-order chi connectivity index (χ0) is 11.2. The molecule has 2 aliphatic rings. The summed E-state index contributed by atoms with van der Waals surface area (Å²) in [5, 5.41) is 0. The molecule has 0 amide bonds. The van der Waals surface area contributed by atoms with E-state index in [-0.39, 0.29) is 5.54 Å².